The fourth-order valence-corrected chi connectivity index (χ4v) is 6.64. The number of rotatable bonds is 7. The second kappa shape index (κ2) is 9.38. The van der Waals surface area contributed by atoms with Gasteiger partial charge >= 0.3 is 0 Å². The number of hydrogen-bond donors (Lipinski definition) is 0. The predicted molar refractivity (Wildman–Crippen MR) is 131 cm³/mol. The van der Waals surface area contributed by atoms with E-state index in [1.807, 2.05) is 18.2 Å². The number of aromatic nitrogens is 2. The van der Waals surface area contributed by atoms with Crippen LogP contribution in [0.25, 0.3) is 10.2 Å². The van der Waals surface area contributed by atoms with E-state index in [1.54, 1.807) is 27.9 Å². The van der Waals surface area contributed by atoms with Crippen LogP contribution in [0.4, 0.5) is 0 Å². The third kappa shape index (κ3) is 4.36. The summed E-state index contributed by atoms with van der Waals surface area (Å²) in [5.74, 6) is 1.68. The first kappa shape index (κ1) is 22.3. The van der Waals surface area contributed by atoms with Crippen LogP contribution >= 0.6 is 23.1 Å². The van der Waals surface area contributed by atoms with Crippen LogP contribution in [0.5, 0.6) is 11.5 Å². The molecule has 2 aliphatic rings. The van der Waals surface area contributed by atoms with Crippen LogP contribution < -0.4 is 15.0 Å². The number of carbonyl (C=O) groups excluding carboxylic acids is 1. The van der Waals surface area contributed by atoms with Gasteiger partial charge in [-0.1, -0.05) is 24.8 Å². The molecular weight excluding hydrogens is 458 g/mol. The first-order chi connectivity index (χ1) is 16.0. The number of benzene rings is 1. The highest BCUT2D eigenvalue weighted by Crippen LogP contribution is 2.36. The Labute approximate surface area is 200 Å². The lowest BCUT2D eigenvalue weighted by molar-refractivity contribution is -0.127. The predicted octanol–water partition coefficient (Wildman–Crippen LogP) is 3.88. The van der Waals surface area contributed by atoms with Crippen LogP contribution in [0, 0.1) is 0 Å². The van der Waals surface area contributed by atoms with E-state index >= 15 is 0 Å². The quantitative estimate of drug-likeness (QED) is 0.374. The Bertz CT molecular complexity index is 1270. The van der Waals surface area contributed by atoms with E-state index in [9.17, 15) is 9.59 Å². The first-order valence-electron chi connectivity index (χ1n) is 11.4. The lowest BCUT2D eigenvalue weighted by atomic mass is 10.2. The summed E-state index contributed by atoms with van der Waals surface area (Å²) < 4.78 is 13.0. The minimum atomic E-state index is -0.0130. The van der Waals surface area contributed by atoms with Gasteiger partial charge in [-0.05, 0) is 48.9 Å². The van der Waals surface area contributed by atoms with Gasteiger partial charge in [-0.25, -0.2) is 4.98 Å². The largest absolute Gasteiger partial charge is 0.486 e. The Balaban J connectivity index is 1.31. The fraction of sp³-hybridized carbons (Fsp3) is 0.458. The molecule has 0 unspecified atom stereocenters. The molecule has 0 fully saturated rings. The highest BCUT2D eigenvalue weighted by molar-refractivity contribution is 7.99. The van der Waals surface area contributed by atoms with E-state index in [-0.39, 0.29) is 17.2 Å². The van der Waals surface area contributed by atoms with Crippen LogP contribution in [0.1, 0.15) is 35.8 Å². The van der Waals surface area contributed by atoms with Crippen LogP contribution in [0.2, 0.25) is 0 Å². The van der Waals surface area contributed by atoms with Crippen LogP contribution in [-0.4, -0.2) is 46.4 Å². The number of aryl methyl sites for hydroxylation is 2. The summed E-state index contributed by atoms with van der Waals surface area (Å²) in [5, 5.41) is 1.43. The zero-order valence-electron chi connectivity index (χ0n) is 18.9. The Morgan fingerprint density at radius 1 is 1.24 bits per heavy atom. The number of ether oxygens (including phenoxy) is 2. The minimum Gasteiger partial charge on any atom is -0.486 e. The van der Waals surface area contributed by atoms with Crippen molar-refractivity contribution in [1.29, 1.82) is 0 Å². The van der Waals surface area contributed by atoms with Crippen molar-refractivity contribution in [3.8, 4) is 11.5 Å². The molecule has 7 nitrogen and oxygen atoms in total. The van der Waals surface area contributed by atoms with Gasteiger partial charge < -0.3 is 14.4 Å². The smallest absolute Gasteiger partial charge is 0.263 e. The SMILES string of the molecule is CCCn1c(SCC(=O)N(C)Cc2ccc3c(c2)OCCO3)nc2sc3c(c2c1=O)CCC3. The van der Waals surface area contributed by atoms with Gasteiger partial charge in [0.05, 0.1) is 11.1 Å². The van der Waals surface area contributed by atoms with Gasteiger partial charge in [0, 0.05) is 25.0 Å². The second-order valence-electron chi connectivity index (χ2n) is 8.41. The third-order valence-electron chi connectivity index (χ3n) is 6.01. The van der Waals surface area contributed by atoms with Gasteiger partial charge in [-0.15, -0.1) is 11.3 Å². The lowest BCUT2D eigenvalue weighted by Crippen LogP contribution is -2.29. The van der Waals surface area contributed by atoms with E-state index < -0.39 is 0 Å². The van der Waals surface area contributed by atoms with Gasteiger partial charge in [0.25, 0.3) is 5.56 Å². The Hall–Kier alpha value is -2.52. The molecule has 0 atom stereocenters. The molecule has 3 heterocycles. The zero-order valence-corrected chi connectivity index (χ0v) is 20.5. The van der Waals surface area contributed by atoms with Gasteiger partial charge in [0.1, 0.15) is 18.0 Å². The first-order valence-corrected chi connectivity index (χ1v) is 13.2. The highest BCUT2D eigenvalue weighted by atomic mass is 32.2. The van der Waals surface area contributed by atoms with E-state index in [2.05, 4.69) is 6.92 Å². The standard InChI is InChI=1S/C24H27N3O4S2/c1-3-9-27-23(29)21-16-5-4-6-19(16)33-22(21)25-24(27)32-14-20(28)26(2)13-15-7-8-17-18(12-15)31-11-10-30-17/h7-8,12H,3-6,9-11,13-14H2,1-2H3. The molecule has 3 aromatic rings. The number of thioether (sulfide) groups is 1. The van der Waals surface area contributed by atoms with E-state index in [0.717, 1.165) is 53.0 Å². The number of hydrogen-bond acceptors (Lipinski definition) is 7. The molecule has 1 aromatic carbocycles. The molecule has 1 aliphatic heterocycles. The summed E-state index contributed by atoms with van der Waals surface area (Å²) in [5.41, 5.74) is 2.22. The van der Waals surface area contributed by atoms with Crippen molar-refractivity contribution < 1.29 is 14.3 Å². The molecule has 1 aliphatic carbocycles. The van der Waals surface area contributed by atoms with Crippen molar-refractivity contribution in [1.82, 2.24) is 14.5 Å². The summed E-state index contributed by atoms with van der Waals surface area (Å²) in [6.45, 7) is 4.22. The molecule has 174 valence electrons. The van der Waals surface area contributed by atoms with E-state index in [1.165, 1.54) is 22.2 Å². The molecule has 0 N–H and O–H groups in total. The molecule has 0 bridgehead atoms. The molecule has 0 saturated carbocycles. The van der Waals surface area contributed by atoms with Crippen molar-refractivity contribution >= 4 is 39.2 Å². The molecular formula is C24H27N3O4S2. The molecule has 0 spiro atoms. The van der Waals surface area contributed by atoms with E-state index in [4.69, 9.17) is 14.5 Å². The van der Waals surface area contributed by atoms with Crippen molar-refractivity contribution in [3.05, 3.63) is 44.6 Å². The molecule has 9 heteroatoms. The molecule has 0 saturated heterocycles. The zero-order chi connectivity index (χ0) is 22.9. The van der Waals surface area contributed by atoms with Gasteiger partial charge in [0.2, 0.25) is 5.91 Å². The maximum Gasteiger partial charge on any atom is 0.263 e. The Morgan fingerprint density at radius 2 is 2.06 bits per heavy atom. The molecule has 0 radical (unpaired) electrons. The van der Waals surface area contributed by atoms with Crippen molar-refractivity contribution in [2.45, 2.75) is 50.9 Å². The highest BCUT2D eigenvalue weighted by Gasteiger charge is 2.24. The molecule has 33 heavy (non-hydrogen) atoms. The lowest BCUT2D eigenvalue weighted by Gasteiger charge is -2.21. The van der Waals surface area contributed by atoms with Crippen LogP contribution in [-0.2, 0) is 30.7 Å². The summed E-state index contributed by atoms with van der Waals surface area (Å²) in [6.07, 6.45) is 3.96. The second-order valence-corrected chi connectivity index (χ2v) is 10.4. The van der Waals surface area contributed by atoms with E-state index in [0.29, 0.717) is 31.5 Å². The average Bonchev–Trinajstić information content (AvgIpc) is 3.40. The minimum absolute atomic E-state index is 0.0130. The summed E-state index contributed by atoms with van der Waals surface area (Å²) in [6, 6.07) is 5.77. The Morgan fingerprint density at radius 3 is 2.88 bits per heavy atom. The van der Waals surface area contributed by atoms with Crippen LogP contribution in [0.3, 0.4) is 0 Å². The topological polar surface area (TPSA) is 73.7 Å². The van der Waals surface area contributed by atoms with Gasteiger partial charge in [0.15, 0.2) is 16.7 Å². The monoisotopic (exact) mass is 485 g/mol. The van der Waals surface area contributed by atoms with Crippen LogP contribution in [0.15, 0.2) is 28.2 Å². The summed E-state index contributed by atoms with van der Waals surface area (Å²) >= 11 is 2.99. The maximum absolute atomic E-state index is 13.3. The van der Waals surface area contributed by atoms with Crippen molar-refractivity contribution in [3.63, 3.8) is 0 Å². The molecule has 5 rings (SSSR count). The van der Waals surface area contributed by atoms with Gasteiger partial charge in [-0.2, -0.15) is 0 Å². The fourth-order valence-electron chi connectivity index (χ4n) is 4.37. The molecule has 2 aromatic heterocycles. The summed E-state index contributed by atoms with van der Waals surface area (Å²) in [4.78, 5) is 34.8. The third-order valence-corrected chi connectivity index (χ3v) is 8.16. The Kier molecular flexibility index (Phi) is 6.34. The normalized spacial score (nSPS) is 14.5. The molecule has 1 amide bonds. The van der Waals surface area contributed by atoms with Crippen molar-refractivity contribution in [2.24, 2.45) is 0 Å². The maximum atomic E-state index is 13.3. The number of fused-ring (bicyclic) bond motifs is 4. The number of amides is 1. The number of nitrogens with zero attached hydrogens (tertiary/aromatic N) is 3. The number of carbonyl (C=O) groups is 1. The number of thiophene rings is 1. The average molecular weight is 486 g/mol. The van der Waals surface area contributed by atoms with Crippen molar-refractivity contribution in [2.75, 3.05) is 26.0 Å². The summed E-state index contributed by atoms with van der Waals surface area (Å²) in [7, 11) is 1.79. The van der Waals surface area contributed by atoms with Gasteiger partial charge in [-0.3, -0.25) is 14.2 Å².